The minimum atomic E-state index is -1.12. The number of para-hydroxylation sites is 1. The van der Waals surface area contributed by atoms with Gasteiger partial charge in [0.25, 0.3) is 11.6 Å². The number of urea groups is 1. The molecule has 0 heterocycles. The lowest BCUT2D eigenvalue weighted by atomic mass is 10.0. The zero-order valence-electron chi connectivity index (χ0n) is 21.2. The molecule has 0 aliphatic heterocycles. The Labute approximate surface area is 215 Å². The summed E-state index contributed by atoms with van der Waals surface area (Å²) in [5, 5.41) is 21.4. The molecule has 0 spiro atoms. The molecule has 0 radical (unpaired) electrons. The minimum absolute atomic E-state index is 0.0610. The third kappa shape index (κ3) is 9.36. The van der Waals surface area contributed by atoms with Crippen LogP contribution < -0.4 is 21.3 Å². The van der Waals surface area contributed by atoms with Gasteiger partial charge in [-0.1, -0.05) is 69.3 Å². The average Bonchev–Trinajstić information content (AvgIpc) is 2.88. The number of rotatable bonds is 13. The quantitative estimate of drug-likeness (QED) is 0.184. The molecule has 4 N–H and O–H groups in total. The van der Waals surface area contributed by atoms with Crippen molar-refractivity contribution in [2.45, 2.75) is 58.8 Å². The molecule has 0 saturated heterocycles. The Balaban J connectivity index is 1.98. The van der Waals surface area contributed by atoms with Crippen LogP contribution in [0.1, 0.15) is 44.7 Å². The molecule has 2 unspecified atom stereocenters. The molecule has 2 rings (SSSR count). The SMILES string of the molecule is CCC(NC(=O)C(CC(C)C)NC(=O)NCc1ccccc1)C(=O)C(=O)NCc1ccccc1[N+](=O)[O-]. The van der Waals surface area contributed by atoms with E-state index in [-0.39, 0.29) is 36.7 Å². The van der Waals surface area contributed by atoms with Gasteiger partial charge in [0, 0.05) is 24.7 Å². The summed E-state index contributed by atoms with van der Waals surface area (Å²) in [6.45, 7) is 5.48. The second kappa shape index (κ2) is 14.3. The molecule has 2 aromatic carbocycles. The van der Waals surface area contributed by atoms with Gasteiger partial charge in [-0.3, -0.25) is 24.5 Å². The van der Waals surface area contributed by atoms with E-state index in [9.17, 15) is 29.3 Å². The van der Waals surface area contributed by atoms with Gasteiger partial charge in [0.05, 0.1) is 11.0 Å². The summed E-state index contributed by atoms with van der Waals surface area (Å²) in [7, 11) is 0. The maximum absolute atomic E-state index is 13.0. The Kier molecular flexibility index (Phi) is 11.2. The summed E-state index contributed by atoms with van der Waals surface area (Å²) in [4.78, 5) is 61.2. The minimum Gasteiger partial charge on any atom is -0.345 e. The summed E-state index contributed by atoms with van der Waals surface area (Å²) >= 11 is 0. The number of carbonyl (C=O) groups is 4. The van der Waals surface area contributed by atoms with E-state index < -0.39 is 40.6 Å². The fourth-order valence-electron chi connectivity index (χ4n) is 3.58. The highest BCUT2D eigenvalue weighted by Crippen LogP contribution is 2.17. The molecular formula is C26H33N5O6. The largest absolute Gasteiger partial charge is 0.345 e. The van der Waals surface area contributed by atoms with Crippen LogP contribution in [0.2, 0.25) is 0 Å². The molecule has 11 nitrogen and oxygen atoms in total. The van der Waals surface area contributed by atoms with Crippen molar-refractivity contribution in [3.8, 4) is 0 Å². The Morgan fingerprint density at radius 3 is 2.14 bits per heavy atom. The molecule has 198 valence electrons. The van der Waals surface area contributed by atoms with Crippen LogP contribution in [-0.2, 0) is 27.5 Å². The molecule has 4 amide bonds. The molecule has 0 aromatic heterocycles. The highest BCUT2D eigenvalue weighted by Gasteiger charge is 2.29. The van der Waals surface area contributed by atoms with Crippen LogP contribution in [0.15, 0.2) is 54.6 Å². The summed E-state index contributed by atoms with van der Waals surface area (Å²) in [5.41, 5.74) is 0.961. The summed E-state index contributed by atoms with van der Waals surface area (Å²) in [6, 6.07) is 12.6. The maximum Gasteiger partial charge on any atom is 0.315 e. The summed E-state index contributed by atoms with van der Waals surface area (Å²) in [6.07, 6.45) is 0.456. The Morgan fingerprint density at radius 2 is 1.51 bits per heavy atom. The standard InChI is InChI=1S/C26H33N5O6/c1-4-20(23(32)25(34)27-16-19-12-8-9-13-22(19)31(36)37)29-24(33)21(14-17(2)3)30-26(35)28-15-18-10-6-5-7-11-18/h5-13,17,20-21H,4,14-16H2,1-3H3,(H,27,34)(H,29,33)(H2,28,30,35). The third-order valence-corrected chi connectivity index (χ3v) is 5.52. The predicted molar refractivity (Wildman–Crippen MR) is 137 cm³/mol. The average molecular weight is 512 g/mol. The van der Waals surface area contributed by atoms with E-state index in [2.05, 4.69) is 21.3 Å². The Morgan fingerprint density at radius 1 is 0.865 bits per heavy atom. The number of amides is 4. The van der Waals surface area contributed by atoms with Crippen molar-refractivity contribution in [3.05, 3.63) is 75.8 Å². The van der Waals surface area contributed by atoms with Crippen molar-refractivity contribution in [1.29, 1.82) is 0 Å². The lowest BCUT2D eigenvalue weighted by Crippen LogP contribution is -2.55. The number of hydrogen-bond donors (Lipinski definition) is 4. The number of nitrogens with one attached hydrogen (secondary N) is 4. The second-order valence-corrected chi connectivity index (χ2v) is 8.90. The van der Waals surface area contributed by atoms with Gasteiger partial charge in [-0.25, -0.2) is 4.79 Å². The number of nitrogens with zero attached hydrogens (tertiary/aromatic N) is 1. The van der Waals surface area contributed by atoms with Crippen LogP contribution in [0.25, 0.3) is 0 Å². The number of Topliss-reactive ketones (excluding diaryl/α,β-unsaturated/α-hetero) is 1. The predicted octanol–water partition coefficient (Wildman–Crippen LogP) is 2.59. The van der Waals surface area contributed by atoms with Crippen LogP contribution in [0, 0.1) is 16.0 Å². The van der Waals surface area contributed by atoms with Gasteiger partial charge in [-0.05, 0) is 24.3 Å². The molecule has 0 saturated carbocycles. The molecule has 2 aromatic rings. The van der Waals surface area contributed by atoms with E-state index in [1.165, 1.54) is 18.2 Å². The summed E-state index contributed by atoms with van der Waals surface area (Å²) < 4.78 is 0. The number of carbonyl (C=O) groups excluding carboxylic acids is 4. The van der Waals surface area contributed by atoms with Crippen molar-refractivity contribution in [1.82, 2.24) is 21.3 Å². The fourth-order valence-corrected chi connectivity index (χ4v) is 3.58. The Hall–Kier alpha value is -4.28. The van der Waals surface area contributed by atoms with Gasteiger partial charge in [-0.15, -0.1) is 0 Å². The maximum atomic E-state index is 13.0. The smallest absolute Gasteiger partial charge is 0.315 e. The van der Waals surface area contributed by atoms with E-state index in [1.54, 1.807) is 13.0 Å². The summed E-state index contributed by atoms with van der Waals surface area (Å²) in [5.74, 6) is -2.38. The van der Waals surface area contributed by atoms with Gasteiger partial charge in [0.15, 0.2) is 0 Å². The lowest BCUT2D eigenvalue weighted by Gasteiger charge is -2.23. The Bertz CT molecular complexity index is 1110. The van der Waals surface area contributed by atoms with E-state index in [1.807, 2.05) is 44.2 Å². The van der Waals surface area contributed by atoms with Crippen LogP contribution >= 0.6 is 0 Å². The van der Waals surface area contributed by atoms with Crippen LogP contribution in [0.3, 0.4) is 0 Å². The highest BCUT2D eigenvalue weighted by atomic mass is 16.6. The molecule has 2 atom stereocenters. The number of nitro benzene ring substituents is 1. The zero-order valence-corrected chi connectivity index (χ0v) is 21.2. The number of nitro groups is 1. The van der Waals surface area contributed by atoms with Gasteiger partial charge in [-0.2, -0.15) is 0 Å². The highest BCUT2D eigenvalue weighted by molar-refractivity contribution is 6.38. The molecule has 11 heteroatoms. The van der Waals surface area contributed by atoms with Gasteiger partial charge in [0.1, 0.15) is 6.04 Å². The second-order valence-electron chi connectivity index (χ2n) is 8.90. The van der Waals surface area contributed by atoms with E-state index in [0.717, 1.165) is 5.56 Å². The van der Waals surface area contributed by atoms with Gasteiger partial charge >= 0.3 is 6.03 Å². The van der Waals surface area contributed by atoms with Crippen LogP contribution in [0.4, 0.5) is 10.5 Å². The monoisotopic (exact) mass is 511 g/mol. The molecular weight excluding hydrogens is 478 g/mol. The third-order valence-electron chi connectivity index (χ3n) is 5.52. The molecule has 0 aliphatic carbocycles. The van der Waals surface area contributed by atoms with E-state index >= 15 is 0 Å². The topological polar surface area (TPSA) is 160 Å². The van der Waals surface area contributed by atoms with E-state index in [0.29, 0.717) is 6.42 Å². The first kappa shape index (κ1) is 29.0. The van der Waals surface area contributed by atoms with Crippen molar-refractivity contribution in [3.63, 3.8) is 0 Å². The van der Waals surface area contributed by atoms with Gasteiger partial charge < -0.3 is 21.3 Å². The molecule has 0 aliphatic rings. The molecule has 37 heavy (non-hydrogen) atoms. The van der Waals surface area contributed by atoms with E-state index in [4.69, 9.17) is 0 Å². The normalized spacial score (nSPS) is 12.2. The van der Waals surface area contributed by atoms with Crippen LogP contribution in [0.5, 0.6) is 0 Å². The van der Waals surface area contributed by atoms with Crippen LogP contribution in [-0.4, -0.2) is 40.6 Å². The first-order valence-corrected chi connectivity index (χ1v) is 12.0. The fraction of sp³-hybridized carbons (Fsp3) is 0.385. The number of benzene rings is 2. The van der Waals surface area contributed by atoms with Crippen molar-refractivity contribution in [2.75, 3.05) is 0 Å². The number of hydrogen-bond acceptors (Lipinski definition) is 6. The van der Waals surface area contributed by atoms with Crippen molar-refractivity contribution >= 4 is 29.3 Å². The van der Waals surface area contributed by atoms with Gasteiger partial charge in [0.2, 0.25) is 11.7 Å². The van der Waals surface area contributed by atoms with Crippen molar-refractivity contribution in [2.24, 2.45) is 5.92 Å². The first-order valence-electron chi connectivity index (χ1n) is 12.0. The number of ketones is 1. The zero-order chi connectivity index (χ0) is 27.4. The first-order chi connectivity index (χ1) is 17.6. The lowest BCUT2D eigenvalue weighted by molar-refractivity contribution is -0.385. The van der Waals surface area contributed by atoms with Crippen molar-refractivity contribution < 1.29 is 24.1 Å². The molecule has 0 fully saturated rings. The molecule has 0 bridgehead atoms.